The number of carbonyl (C=O) groups excluding carboxylic acids is 8. The monoisotopic (exact) mass is 1620 g/mol. The number of ether oxygens (including phenoxy) is 15. The fourth-order valence-electron chi connectivity index (χ4n) is 13.4. The van der Waals surface area contributed by atoms with E-state index in [-0.39, 0.29) is 170 Å². The molecule has 3 aliphatic heterocycles. The quantitative estimate of drug-likeness (QED) is 0.0252. The van der Waals surface area contributed by atoms with Crippen molar-refractivity contribution < 1.29 is 155 Å². The summed E-state index contributed by atoms with van der Waals surface area (Å²) < 4.78 is 83.0. The van der Waals surface area contributed by atoms with Gasteiger partial charge in [0, 0.05) is 33.5 Å². The van der Waals surface area contributed by atoms with Crippen LogP contribution in [-0.4, -0.2) is 381 Å². The van der Waals surface area contributed by atoms with E-state index in [0.29, 0.717) is 50.0 Å². The fraction of sp³-hybridized carbons (Fsp3) is 0.887. The normalized spacial score (nSPS) is 28.4. The Morgan fingerprint density at radius 1 is 0.420 bits per heavy atom. The molecule has 41 heteroatoms. The third-order valence-electron chi connectivity index (χ3n) is 20.1. The van der Waals surface area contributed by atoms with Gasteiger partial charge >= 0.3 is 0 Å². The summed E-state index contributed by atoms with van der Waals surface area (Å²) >= 11 is 0. The molecule has 6 rings (SSSR count). The summed E-state index contributed by atoms with van der Waals surface area (Å²) in [6.07, 6.45) is -8.09. The molecule has 0 bridgehead atoms. The van der Waals surface area contributed by atoms with Crippen molar-refractivity contribution in [3.05, 3.63) is 0 Å². The van der Waals surface area contributed by atoms with Crippen molar-refractivity contribution in [1.82, 2.24) is 42.5 Å². The van der Waals surface area contributed by atoms with Crippen LogP contribution in [0.4, 0.5) is 0 Å². The Balaban J connectivity index is 0.939. The van der Waals surface area contributed by atoms with Crippen LogP contribution >= 0.6 is 0 Å². The Kier molecular flexibility index (Phi) is 46.0. The number of aliphatic hydroxyl groups excluding tert-OH is 9. The first kappa shape index (κ1) is 95.6. The first-order chi connectivity index (χ1) is 54.0. The highest BCUT2D eigenvalue weighted by Crippen LogP contribution is 2.54. The summed E-state index contributed by atoms with van der Waals surface area (Å²) in [4.78, 5) is 106. The number of aliphatic hydroxyl groups is 9. The Morgan fingerprint density at radius 3 is 1.19 bits per heavy atom. The smallest absolute Gasteiger partial charge is 0.246 e. The van der Waals surface area contributed by atoms with Gasteiger partial charge in [0.2, 0.25) is 47.3 Å². The molecule has 3 aliphatic carbocycles. The van der Waals surface area contributed by atoms with Gasteiger partial charge in [0.05, 0.1) is 145 Å². The fourth-order valence-corrected chi connectivity index (χ4v) is 13.4. The van der Waals surface area contributed by atoms with E-state index in [1.807, 2.05) is 0 Å². The zero-order valence-electron chi connectivity index (χ0n) is 64.3. The lowest BCUT2D eigenvalue weighted by molar-refractivity contribution is -0.272. The second kappa shape index (κ2) is 53.9. The topological polar surface area (TPSA) is 579 Å². The lowest BCUT2D eigenvalue weighted by Crippen LogP contribution is -2.64. The Hall–Kier alpha value is -5.24. The number of amides is 8. The Morgan fingerprint density at radius 2 is 0.804 bits per heavy atom. The molecule has 41 nitrogen and oxygen atoms in total. The van der Waals surface area contributed by atoms with E-state index in [9.17, 15) is 84.3 Å². The molecule has 0 aromatic rings. The summed E-state index contributed by atoms with van der Waals surface area (Å²) in [6.45, 7) is 2.20. The van der Waals surface area contributed by atoms with E-state index in [2.05, 4.69) is 42.5 Å². The minimum Gasteiger partial charge on any atom is -0.394 e. The summed E-state index contributed by atoms with van der Waals surface area (Å²) in [5.41, 5.74) is 5.88. The average Bonchev–Trinajstić information content (AvgIpc) is 0.769. The van der Waals surface area contributed by atoms with Gasteiger partial charge in [0.25, 0.3) is 0 Å². The molecule has 3 saturated carbocycles. The molecule has 112 heavy (non-hydrogen) atoms. The van der Waals surface area contributed by atoms with Gasteiger partial charge in [-0.1, -0.05) is 6.42 Å². The van der Waals surface area contributed by atoms with E-state index in [1.165, 1.54) is 20.3 Å². The first-order valence-electron chi connectivity index (χ1n) is 39.0. The number of fused-ring (bicyclic) bond motifs is 1. The van der Waals surface area contributed by atoms with Crippen molar-refractivity contribution in [3.63, 3.8) is 0 Å². The molecule has 21 atom stereocenters. The molecule has 0 spiro atoms. The van der Waals surface area contributed by atoms with Crippen LogP contribution in [0.1, 0.15) is 90.9 Å². The van der Waals surface area contributed by atoms with Gasteiger partial charge in [0.15, 0.2) is 18.9 Å². The van der Waals surface area contributed by atoms with E-state index < -0.39 is 178 Å². The van der Waals surface area contributed by atoms with Crippen LogP contribution in [0.25, 0.3) is 0 Å². The summed E-state index contributed by atoms with van der Waals surface area (Å²) in [7, 11) is 0. The van der Waals surface area contributed by atoms with Crippen molar-refractivity contribution in [2.24, 2.45) is 29.4 Å². The van der Waals surface area contributed by atoms with E-state index >= 15 is 0 Å². The minimum absolute atomic E-state index is 0.0160. The van der Waals surface area contributed by atoms with Crippen molar-refractivity contribution >= 4 is 47.3 Å². The van der Waals surface area contributed by atoms with E-state index in [4.69, 9.17) is 76.8 Å². The van der Waals surface area contributed by atoms with Gasteiger partial charge in [-0.25, -0.2) is 0 Å². The number of hydrogen-bond donors (Lipinski definition) is 18. The van der Waals surface area contributed by atoms with Crippen LogP contribution in [0.3, 0.4) is 0 Å². The largest absolute Gasteiger partial charge is 0.394 e. The molecule has 3 saturated heterocycles. The van der Waals surface area contributed by atoms with Crippen LogP contribution in [0.2, 0.25) is 0 Å². The second-order valence-corrected chi connectivity index (χ2v) is 28.4. The molecule has 8 amide bonds. The number of unbranched alkanes of at least 4 members (excludes halogenated alkanes) is 2. The molecular weight excluding hydrogens is 1490 g/mol. The van der Waals surface area contributed by atoms with Crippen LogP contribution in [0, 0.1) is 23.7 Å². The van der Waals surface area contributed by atoms with E-state index in [0.717, 1.165) is 32.1 Å². The van der Waals surface area contributed by atoms with Crippen molar-refractivity contribution in [1.29, 1.82) is 0 Å². The van der Waals surface area contributed by atoms with Crippen LogP contribution in [-0.2, 0) is 109 Å². The summed E-state index contributed by atoms with van der Waals surface area (Å²) in [5, 5.41) is 112. The van der Waals surface area contributed by atoms with Crippen LogP contribution in [0.5, 0.6) is 0 Å². The zero-order valence-corrected chi connectivity index (χ0v) is 64.3. The standard InChI is InChI=1S/C71H125N9O32/c1-42(84)76-58-64(93)61(90)51(37-82)111-70(58)108-32-29-102-20-17-99-23-26-105-40-54(87)74-15-6-4-11-49(67(96)80-57(44-8-7-9-44)68(97)75-35-46-34-45-12-13-47(45)46)79-66(95)48(78-55(88)41-106-27-24-100-18-21-103-30-33-109-71-59(77-43(2)85)65(94)62(91)52(38-83)112-71)10-3-5-14-73-53(86)39-104-25-22-98-16-19-101-28-31-107-69-56(72)63(92)60(89)50(36-81)110-69/h44-52,56-65,69-71,81-83,89-94H,3-41,72H2,1-2H3,(H,73,86)(H,74,87)(H,75,97)(H,76,84)(H,77,85)(H,78,88)(H,79,95)(H,80,96)/t45?,46?,47?,48?,49?,50-,51-,52-,56-,57?,58-,59-,60+,61+,62+,63-,64-,65-,69-,70-,71-/m1/s1. The molecule has 19 N–H and O–H groups in total. The first-order valence-corrected chi connectivity index (χ1v) is 39.0. The molecule has 3 heterocycles. The molecule has 646 valence electrons. The SMILES string of the molecule is CC(=O)N[C@H]1[C@H](OCCOCCOCCOCC(=O)NCCCCC(NC(=O)C(CCCCNC(=O)COCCOCCOCCO[C@@H]2O[C@H](CO)[C@H](O)[C@H](O)[C@H]2N)NC(=O)COCCOCCOCCO[C@@H]2O[C@H](CO)[C@H](O)[C@H](O)[C@H]2NC(C)=O)C(=O)NC(C(=O)NCC2CC3CCC32)C2CCC2)O[C@H](CO)[C@H](O)[C@@H]1O. The molecule has 6 aliphatic rings. The molecule has 0 radical (unpaired) electrons. The van der Waals surface area contributed by atoms with Gasteiger partial charge in [0.1, 0.15) is 105 Å². The Labute approximate surface area is 651 Å². The number of rotatable bonds is 60. The minimum atomic E-state index is -1.47. The molecule has 0 aromatic heterocycles. The predicted octanol–water partition coefficient (Wildman–Crippen LogP) is -8.17. The lowest BCUT2D eigenvalue weighted by atomic mass is 9.53. The van der Waals surface area contributed by atoms with Gasteiger partial charge in [-0.3, -0.25) is 38.4 Å². The van der Waals surface area contributed by atoms with Gasteiger partial charge in [-0.15, -0.1) is 0 Å². The van der Waals surface area contributed by atoms with Crippen LogP contribution in [0.15, 0.2) is 0 Å². The van der Waals surface area contributed by atoms with Gasteiger partial charge in [-0.2, -0.15) is 0 Å². The maximum absolute atomic E-state index is 14.5. The molecule has 6 unspecified atom stereocenters. The summed E-state index contributed by atoms with van der Waals surface area (Å²) in [6, 6.07) is -6.51. The zero-order chi connectivity index (χ0) is 81.2. The number of nitrogens with two attached hydrogens (primary N) is 1. The average molecular weight is 1620 g/mol. The highest BCUT2D eigenvalue weighted by Gasteiger charge is 2.49. The van der Waals surface area contributed by atoms with Crippen molar-refractivity contribution in [2.75, 3.05) is 178 Å². The third-order valence-corrected chi connectivity index (χ3v) is 20.1. The lowest BCUT2D eigenvalue weighted by Gasteiger charge is -2.53. The summed E-state index contributed by atoms with van der Waals surface area (Å²) in [5.74, 6) is -2.51. The van der Waals surface area contributed by atoms with Gasteiger partial charge < -0.3 is 165 Å². The maximum atomic E-state index is 14.5. The van der Waals surface area contributed by atoms with E-state index in [1.54, 1.807) is 0 Å². The second-order valence-electron chi connectivity index (χ2n) is 28.4. The third kappa shape index (κ3) is 33.8. The number of hydrogen-bond acceptors (Lipinski definition) is 33. The highest BCUT2D eigenvalue weighted by atomic mass is 16.7. The Bertz CT molecular complexity index is 2720. The van der Waals surface area contributed by atoms with Crippen LogP contribution < -0.4 is 48.3 Å². The van der Waals surface area contributed by atoms with Crippen molar-refractivity contribution in [2.45, 2.75) is 201 Å². The number of carbonyl (C=O) groups is 8. The highest BCUT2D eigenvalue weighted by molar-refractivity contribution is 5.94. The van der Waals surface area contributed by atoms with Gasteiger partial charge in [-0.05, 0) is 94.3 Å². The maximum Gasteiger partial charge on any atom is 0.246 e. The predicted molar refractivity (Wildman–Crippen MR) is 386 cm³/mol. The number of nitrogens with one attached hydrogen (secondary N) is 8. The molecular formula is C71H125N9O32. The molecule has 6 fully saturated rings. The van der Waals surface area contributed by atoms with Crippen molar-refractivity contribution in [3.8, 4) is 0 Å². The molecule has 0 aromatic carbocycles.